The minimum Gasteiger partial charge on any atom is -0.466 e. The normalized spacial score (nSPS) is 14.3. The third-order valence-electron chi connectivity index (χ3n) is 5.90. The maximum absolute atomic E-state index is 6.31. The largest absolute Gasteiger partial charge is 0.466 e. The Kier molecular flexibility index (Phi) is 5.17. The predicted octanol–water partition coefficient (Wildman–Crippen LogP) is 7.35. The molecule has 1 N–H and O–H groups in total. The molecule has 1 aliphatic heterocycles. The van der Waals surface area contributed by atoms with E-state index in [2.05, 4.69) is 52.8 Å². The van der Waals surface area contributed by atoms with Gasteiger partial charge >= 0.3 is 0 Å². The Labute approximate surface area is 198 Å². The highest BCUT2D eigenvalue weighted by Gasteiger charge is 2.17. The summed E-state index contributed by atoms with van der Waals surface area (Å²) >= 11 is 0. The first-order chi connectivity index (χ1) is 16.8. The van der Waals surface area contributed by atoms with Gasteiger partial charge in [0.05, 0.1) is 0 Å². The van der Waals surface area contributed by atoms with Crippen LogP contribution in [0.3, 0.4) is 0 Å². The Hall–Kier alpha value is -4.57. The van der Waals surface area contributed by atoms with Gasteiger partial charge in [-0.25, -0.2) is 4.98 Å². The molecule has 1 aliphatic rings. The molecule has 0 saturated carbocycles. The van der Waals surface area contributed by atoms with E-state index in [0.717, 1.165) is 44.5 Å². The van der Waals surface area contributed by atoms with Crippen LogP contribution in [0, 0.1) is 0 Å². The summed E-state index contributed by atoms with van der Waals surface area (Å²) in [4.78, 5) is 4.45. The maximum Gasteiger partial charge on any atom is 0.227 e. The van der Waals surface area contributed by atoms with E-state index in [9.17, 15) is 0 Å². The van der Waals surface area contributed by atoms with E-state index in [4.69, 9.17) is 9.47 Å². The van der Waals surface area contributed by atoms with Crippen LogP contribution in [0.15, 0.2) is 116 Å². The number of fused-ring (bicyclic) bond motifs is 2. The molecule has 0 aliphatic carbocycles. The Balaban J connectivity index is 1.26. The molecule has 4 nitrogen and oxygen atoms in total. The summed E-state index contributed by atoms with van der Waals surface area (Å²) in [5, 5.41) is 5.39. The van der Waals surface area contributed by atoms with Crippen molar-refractivity contribution in [1.82, 2.24) is 10.3 Å². The van der Waals surface area contributed by atoms with Crippen molar-refractivity contribution >= 4 is 16.8 Å². The molecule has 0 amide bonds. The van der Waals surface area contributed by atoms with E-state index < -0.39 is 0 Å². The molecule has 0 fully saturated rings. The SMILES string of the molecule is C1=Cc2ccccc2C(Oc2cccc(-c3cccc(Oc4nccc5ccccc45)c3)c2)N1. The number of ether oxygens (including phenoxy) is 2. The van der Waals surface area contributed by atoms with Crippen molar-refractivity contribution in [2.75, 3.05) is 0 Å². The molecule has 0 spiro atoms. The summed E-state index contributed by atoms with van der Waals surface area (Å²) in [7, 11) is 0. The quantitative estimate of drug-likeness (QED) is 0.309. The number of hydrogen-bond donors (Lipinski definition) is 1. The summed E-state index contributed by atoms with van der Waals surface area (Å²) < 4.78 is 12.5. The Morgan fingerprint density at radius 1 is 0.706 bits per heavy atom. The first-order valence-corrected chi connectivity index (χ1v) is 11.2. The number of nitrogens with one attached hydrogen (secondary N) is 1. The molecule has 5 aromatic rings. The van der Waals surface area contributed by atoms with Crippen molar-refractivity contribution < 1.29 is 9.47 Å². The maximum atomic E-state index is 6.31. The summed E-state index contributed by atoms with van der Waals surface area (Å²) in [5.41, 5.74) is 4.37. The van der Waals surface area contributed by atoms with Crippen LogP contribution in [-0.4, -0.2) is 4.98 Å². The van der Waals surface area contributed by atoms with Crippen molar-refractivity contribution in [2.45, 2.75) is 6.23 Å². The Bertz CT molecular complexity index is 1500. The number of aromatic nitrogens is 1. The molecule has 34 heavy (non-hydrogen) atoms. The lowest BCUT2D eigenvalue weighted by atomic mass is 10.0. The van der Waals surface area contributed by atoms with E-state index in [-0.39, 0.29) is 6.23 Å². The summed E-state index contributed by atoms with van der Waals surface area (Å²) in [5.74, 6) is 2.13. The van der Waals surface area contributed by atoms with Gasteiger partial charge < -0.3 is 14.8 Å². The molecule has 1 unspecified atom stereocenters. The van der Waals surface area contributed by atoms with Gasteiger partial charge in [-0.1, -0.05) is 66.7 Å². The second-order valence-corrected chi connectivity index (χ2v) is 8.12. The van der Waals surface area contributed by atoms with Crippen molar-refractivity contribution in [3.05, 3.63) is 127 Å². The van der Waals surface area contributed by atoms with Crippen LogP contribution in [0.25, 0.3) is 28.0 Å². The molecule has 2 heterocycles. The Morgan fingerprint density at radius 3 is 2.38 bits per heavy atom. The van der Waals surface area contributed by atoms with Crippen molar-refractivity contribution in [3.8, 4) is 28.5 Å². The number of hydrogen-bond acceptors (Lipinski definition) is 4. The number of rotatable bonds is 5. The van der Waals surface area contributed by atoms with Crippen LogP contribution in [0.5, 0.6) is 17.4 Å². The van der Waals surface area contributed by atoms with Gasteiger partial charge in [0.1, 0.15) is 11.5 Å². The molecule has 4 aromatic carbocycles. The summed E-state index contributed by atoms with van der Waals surface area (Å²) in [6.07, 6.45) is 5.53. The molecular weight excluding hydrogens is 420 g/mol. The van der Waals surface area contributed by atoms with E-state index in [1.54, 1.807) is 6.20 Å². The van der Waals surface area contributed by atoms with E-state index in [0.29, 0.717) is 5.88 Å². The Morgan fingerprint density at radius 2 is 1.47 bits per heavy atom. The minimum absolute atomic E-state index is 0.233. The zero-order chi connectivity index (χ0) is 22.7. The van der Waals surface area contributed by atoms with Crippen molar-refractivity contribution in [3.63, 3.8) is 0 Å². The van der Waals surface area contributed by atoms with Crippen molar-refractivity contribution in [1.29, 1.82) is 0 Å². The molecule has 1 aromatic heterocycles. The number of pyridine rings is 1. The van der Waals surface area contributed by atoms with Gasteiger partial charge in [-0.05, 0) is 64.6 Å². The second kappa shape index (κ2) is 8.75. The molecule has 4 heteroatoms. The fourth-order valence-corrected chi connectivity index (χ4v) is 4.22. The van der Waals surface area contributed by atoms with Crippen LogP contribution in [0.1, 0.15) is 17.4 Å². The summed E-state index contributed by atoms with van der Waals surface area (Å²) in [6.45, 7) is 0. The lowest BCUT2D eigenvalue weighted by Gasteiger charge is -2.24. The van der Waals surface area contributed by atoms with Gasteiger partial charge in [0, 0.05) is 23.3 Å². The van der Waals surface area contributed by atoms with Crippen molar-refractivity contribution in [2.24, 2.45) is 0 Å². The molecule has 0 bridgehead atoms. The molecule has 164 valence electrons. The lowest BCUT2D eigenvalue weighted by Crippen LogP contribution is -2.24. The molecular formula is C30H22N2O2. The first kappa shape index (κ1) is 20.1. The monoisotopic (exact) mass is 442 g/mol. The highest BCUT2D eigenvalue weighted by atomic mass is 16.5. The van der Waals surface area contributed by atoms with Gasteiger partial charge in [-0.3, -0.25) is 0 Å². The molecule has 0 radical (unpaired) electrons. The van der Waals surface area contributed by atoms with Gasteiger partial charge in [0.25, 0.3) is 0 Å². The average Bonchev–Trinajstić information content (AvgIpc) is 2.90. The summed E-state index contributed by atoms with van der Waals surface area (Å²) in [6, 6.07) is 34.5. The topological polar surface area (TPSA) is 43.4 Å². The fraction of sp³-hybridized carbons (Fsp3) is 0.0333. The van der Waals surface area contributed by atoms with Gasteiger partial charge in [0.2, 0.25) is 5.88 Å². The van der Waals surface area contributed by atoms with Crippen LogP contribution in [-0.2, 0) is 0 Å². The van der Waals surface area contributed by atoms with E-state index >= 15 is 0 Å². The predicted molar refractivity (Wildman–Crippen MR) is 136 cm³/mol. The minimum atomic E-state index is -0.233. The first-order valence-electron chi connectivity index (χ1n) is 11.2. The van der Waals surface area contributed by atoms with Crippen LogP contribution in [0.2, 0.25) is 0 Å². The lowest BCUT2D eigenvalue weighted by molar-refractivity contribution is 0.182. The van der Waals surface area contributed by atoms with Gasteiger partial charge in [0.15, 0.2) is 6.23 Å². The number of benzene rings is 4. The van der Waals surface area contributed by atoms with E-state index in [1.807, 2.05) is 72.9 Å². The highest BCUT2D eigenvalue weighted by Crippen LogP contribution is 2.33. The fourth-order valence-electron chi connectivity index (χ4n) is 4.22. The van der Waals surface area contributed by atoms with Gasteiger partial charge in [-0.2, -0.15) is 0 Å². The smallest absolute Gasteiger partial charge is 0.227 e. The molecule has 0 saturated heterocycles. The van der Waals surface area contributed by atoms with E-state index in [1.165, 1.54) is 0 Å². The van der Waals surface area contributed by atoms with Gasteiger partial charge in [-0.15, -0.1) is 0 Å². The van der Waals surface area contributed by atoms with Crippen LogP contribution >= 0.6 is 0 Å². The number of nitrogens with zero attached hydrogens (tertiary/aromatic N) is 1. The molecule has 1 atom stereocenters. The van der Waals surface area contributed by atoms with Crippen LogP contribution in [0.4, 0.5) is 0 Å². The van der Waals surface area contributed by atoms with Crippen LogP contribution < -0.4 is 14.8 Å². The zero-order valence-corrected chi connectivity index (χ0v) is 18.4. The highest BCUT2D eigenvalue weighted by molar-refractivity contribution is 5.86. The zero-order valence-electron chi connectivity index (χ0n) is 18.4. The third-order valence-corrected chi connectivity index (χ3v) is 5.90. The standard InChI is InChI=1S/C30H22N2O2/c1-3-13-27-21(7-1)15-17-31-29(27)33-25-11-5-9-23(19-25)24-10-6-12-26(20-24)34-30-28-14-4-2-8-22(28)16-18-32-30/h1-20,29,31H. The average molecular weight is 443 g/mol. The molecule has 6 rings (SSSR count). The second-order valence-electron chi connectivity index (χ2n) is 8.12. The third kappa shape index (κ3) is 3.97.